The first kappa shape index (κ1) is 25.4. The van der Waals surface area contributed by atoms with E-state index in [1.807, 2.05) is 36.4 Å². The molecular weight excluding hydrogens is 483 g/mol. The molecule has 4 heterocycles. The summed E-state index contributed by atoms with van der Waals surface area (Å²) in [7, 11) is 0. The highest BCUT2D eigenvalue weighted by atomic mass is 19.4. The zero-order chi connectivity index (χ0) is 25.8. The molecule has 2 saturated heterocycles. The number of benzene rings is 1. The lowest BCUT2D eigenvalue weighted by Crippen LogP contribution is -2.45. The molecule has 1 unspecified atom stereocenters. The Kier molecular flexibility index (Phi) is 7.54. The monoisotopic (exact) mass is 513 g/mol. The molecule has 2 aliphatic heterocycles. The molecule has 0 amide bonds. The van der Waals surface area contributed by atoms with E-state index in [0.717, 1.165) is 56.6 Å². The van der Waals surface area contributed by atoms with E-state index in [4.69, 9.17) is 4.84 Å². The van der Waals surface area contributed by atoms with Gasteiger partial charge in [0.1, 0.15) is 11.4 Å². The van der Waals surface area contributed by atoms with Gasteiger partial charge in [0.2, 0.25) is 5.95 Å². The van der Waals surface area contributed by atoms with Gasteiger partial charge in [0.05, 0.1) is 12.6 Å². The first-order chi connectivity index (χ1) is 17.9. The highest BCUT2D eigenvalue weighted by molar-refractivity contribution is 5.55. The molecule has 1 aromatic carbocycles. The smallest absolute Gasteiger partial charge is 0.309 e. The van der Waals surface area contributed by atoms with E-state index < -0.39 is 11.7 Å². The van der Waals surface area contributed by atoms with Crippen LogP contribution in [0.2, 0.25) is 0 Å². The van der Waals surface area contributed by atoms with Crippen LogP contribution in [0.3, 0.4) is 0 Å². The van der Waals surface area contributed by atoms with E-state index in [0.29, 0.717) is 18.8 Å². The number of hydrogen-bond acceptors (Lipinski definition) is 8. The van der Waals surface area contributed by atoms with Crippen molar-refractivity contribution in [2.75, 3.05) is 49.7 Å². The van der Waals surface area contributed by atoms with Crippen LogP contribution < -0.4 is 10.4 Å². The molecule has 2 fully saturated rings. The second kappa shape index (κ2) is 11.0. The van der Waals surface area contributed by atoms with Gasteiger partial charge in [0.15, 0.2) is 5.82 Å². The van der Waals surface area contributed by atoms with Crippen molar-refractivity contribution >= 4 is 17.6 Å². The Morgan fingerprint density at radius 3 is 2.41 bits per heavy atom. The Hall–Kier alpha value is -3.28. The molecule has 2 aliphatic rings. The summed E-state index contributed by atoms with van der Waals surface area (Å²) in [5.74, 6) is 0.146. The Bertz CT molecular complexity index is 1170. The zero-order valence-electron chi connectivity index (χ0n) is 20.7. The van der Waals surface area contributed by atoms with Crippen LogP contribution in [0.25, 0.3) is 0 Å². The van der Waals surface area contributed by atoms with Crippen LogP contribution in [-0.4, -0.2) is 64.1 Å². The van der Waals surface area contributed by atoms with Gasteiger partial charge in [-0.1, -0.05) is 43.3 Å². The lowest BCUT2D eigenvalue weighted by atomic mass is 10.0. The number of nitrogens with one attached hydrogen (secondary N) is 1. The van der Waals surface area contributed by atoms with Gasteiger partial charge >= 0.3 is 6.18 Å². The summed E-state index contributed by atoms with van der Waals surface area (Å²) in [4.78, 5) is 23.0. The van der Waals surface area contributed by atoms with Crippen LogP contribution in [0, 0.1) is 0 Å². The normalized spacial score (nSPS) is 19.4. The predicted molar refractivity (Wildman–Crippen MR) is 134 cm³/mol. The fraction of sp³-hybridized carbons (Fsp3) is 0.423. The standard InChI is InChI=1S/C26H30F3N7O/c1-2-34-11-13-35(14-12-34)18-19-8-9-23(30-16-19)32-25-31-17-21(26(27,28)29)24(33-25)36-22(10-15-37-36)20-6-4-3-5-7-20/h3-9,16-17,22H,2,10-15,18H2,1H3,(H,30,31,32,33). The second-order valence-corrected chi connectivity index (χ2v) is 9.19. The third-order valence-corrected chi connectivity index (χ3v) is 6.75. The van der Waals surface area contributed by atoms with Crippen molar-refractivity contribution < 1.29 is 18.0 Å². The summed E-state index contributed by atoms with van der Waals surface area (Å²) in [6, 6.07) is 12.7. The summed E-state index contributed by atoms with van der Waals surface area (Å²) in [5, 5.41) is 4.19. The van der Waals surface area contributed by atoms with Crippen molar-refractivity contribution in [1.29, 1.82) is 0 Å². The third kappa shape index (κ3) is 6.00. The maximum Gasteiger partial charge on any atom is 0.421 e. The summed E-state index contributed by atoms with van der Waals surface area (Å²) >= 11 is 0. The number of alkyl halides is 3. The Balaban J connectivity index is 1.32. The summed E-state index contributed by atoms with van der Waals surface area (Å²) in [6.45, 7) is 8.48. The lowest BCUT2D eigenvalue weighted by Gasteiger charge is -2.33. The largest absolute Gasteiger partial charge is 0.421 e. The number of aromatic nitrogens is 3. The van der Waals surface area contributed by atoms with Crippen LogP contribution in [0.5, 0.6) is 0 Å². The fourth-order valence-electron chi connectivity index (χ4n) is 4.69. The average Bonchev–Trinajstić information content (AvgIpc) is 3.40. The number of hydroxylamine groups is 1. The first-order valence-corrected chi connectivity index (χ1v) is 12.5. The van der Waals surface area contributed by atoms with Gasteiger partial charge in [-0.2, -0.15) is 18.2 Å². The van der Waals surface area contributed by atoms with Crippen LogP contribution in [-0.2, 0) is 17.6 Å². The topological polar surface area (TPSA) is 69.7 Å². The lowest BCUT2D eigenvalue weighted by molar-refractivity contribution is -0.138. The number of nitrogens with zero attached hydrogens (tertiary/aromatic N) is 6. The van der Waals surface area contributed by atoms with Crippen molar-refractivity contribution in [2.45, 2.75) is 32.1 Å². The SMILES string of the molecule is CCN1CCN(Cc2ccc(Nc3ncc(C(F)(F)F)c(N4OCCC4c4ccccc4)n3)nc2)CC1. The second-order valence-electron chi connectivity index (χ2n) is 9.19. The molecule has 196 valence electrons. The molecule has 5 rings (SSSR count). The summed E-state index contributed by atoms with van der Waals surface area (Å²) < 4.78 is 41.6. The number of piperazine rings is 1. The van der Waals surface area contributed by atoms with Crippen LogP contribution >= 0.6 is 0 Å². The van der Waals surface area contributed by atoms with Gasteiger partial charge in [0.25, 0.3) is 0 Å². The van der Waals surface area contributed by atoms with Crippen molar-refractivity contribution in [2.24, 2.45) is 0 Å². The van der Waals surface area contributed by atoms with Gasteiger partial charge in [-0.3, -0.25) is 9.74 Å². The highest BCUT2D eigenvalue weighted by Gasteiger charge is 2.40. The molecule has 1 atom stereocenters. The summed E-state index contributed by atoms with van der Waals surface area (Å²) in [6.07, 6.45) is -1.53. The van der Waals surface area contributed by atoms with Crippen molar-refractivity contribution in [3.8, 4) is 0 Å². The van der Waals surface area contributed by atoms with E-state index in [-0.39, 0.29) is 17.8 Å². The molecule has 3 aromatic rings. The molecule has 0 bridgehead atoms. The number of hydrogen-bond donors (Lipinski definition) is 1. The Labute approximate surface area is 214 Å². The average molecular weight is 514 g/mol. The molecule has 2 aromatic heterocycles. The van der Waals surface area contributed by atoms with Gasteiger partial charge in [0, 0.05) is 51.5 Å². The van der Waals surface area contributed by atoms with E-state index in [1.165, 1.54) is 5.06 Å². The molecule has 0 spiro atoms. The summed E-state index contributed by atoms with van der Waals surface area (Å²) in [5.41, 5.74) is 0.975. The minimum atomic E-state index is -4.64. The number of rotatable bonds is 7. The van der Waals surface area contributed by atoms with Crippen LogP contribution in [0.15, 0.2) is 54.9 Å². The van der Waals surface area contributed by atoms with Gasteiger partial charge in [-0.05, 0) is 23.7 Å². The quantitative estimate of drug-likeness (QED) is 0.490. The van der Waals surface area contributed by atoms with E-state index in [1.54, 1.807) is 12.3 Å². The van der Waals surface area contributed by atoms with Crippen molar-refractivity contribution in [3.63, 3.8) is 0 Å². The predicted octanol–water partition coefficient (Wildman–Crippen LogP) is 4.65. The number of halogens is 3. The van der Waals surface area contributed by atoms with E-state index >= 15 is 0 Å². The molecule has 8 nitrogen and oxygen atoms in total. The minimum absolute atomic E-state index is 0.0150. The van der Waals surface area contributed by atoms with Crippen LogP contribution in [0.4, 0.5) is 30.8 Å². The zero-order valence-corrected chi connectivity index (χ0v) is 20.7. The fourth-order valence-corrected chi connectivity index (χ4v) is 4.69. The molecular formula is C26H30F3N7O. The maximum atomic E-state index is 13.9. The van der Waals surface area contributed by atoms with Crippen molar-refractivity contribution in [3.05, 3.63) is 71.5 Å². The maximum absolute atomic E-state index is 13.9. The molecule has 0 radical (unpaired) electrons. The number of pyridine rings is 1. The molecule has 37 heavy (non-hydrogen) atoms. The molecule has 1 N–H and O–H groups in total. The van der Waals surface area contributed by atoms with E-state index in [9.17, 15) is 13.2 Å². The molecule has 11 heteroatoms. The Morgan fingerprint density at radius 1 is 0.973 bits per heavy atom. The minimum Gasteiger partial charge on any atom is -0.309 e. The number of anilines is 3. The third-order valence-electron chi connectivity index (χ3n) is 6.75. The van der Waals surface area contributed by atoms with Crippen LogP contribution in [0.1, 0.15) is 36.1 Å². The number of likely N-dealkylation sites (N-methyl/N-ethyl adjacent to an activating group) is 1. The Morgan fingerprint density at radius 2 is 1.73 bits per heavy atom. The first-order valence-electron chi connectivity index (χ1n) is 12.5. The van der Waals surface area contributed by atoms with Gasteiger partial charge in [-0.25, -0.2) is 15.0 Å². The van der Waals surface area contributed by atoms with Gasteiger partial charge < -0.3 is 10.2 Å². The highest BCUT2D eigenvalue weighted by Crippen LogP contribution is 2.41. The van der Waals surface area contributed by atoms with E-state index in [2.05, 4.69) is 37.0 Å². The van der Waals surface area contributed by atoms with Gasteiger partial charge in [-0.15, -0.1) is 0 Å². The molecule has 0 aliphatic carbocycles. The van der Waals surface area contributed by atoms with Crippen molar-refractivity contribution in [1.82, 2.24) is 24.8 Å². The molecule has 0 saturated carbocycles.